The molecule has 2 N–H and O–H groups in total. The first-order valence-electron chi connectivity index (χ1n) is 7.07. The summed E-state index contributed by atoms with van der Waals surface area (Å²) in [5.41, 5.74) is 4.33. The van der Waals surface area contributed by atoms with Crippen LogP contribution >= 0.6 is 0 Å². The van der Waals surface area contributed by atoms with Crippen LogP contribution in [0.25, 0.3) is 0 Å². The van der Waals surface area contributed by atoms with Crippen LogP contribution in [0.4, 0.5) is 11.4 Å². The lowest BCUT2D eigenvalue weighted by Gasteiger charge is -2.12. The van der Waals surface area contributed by atoms with Crippen molar-refractivity contribution in [2.75, 3.05) is 10.6 Å². The Morgan fingerprint density at radius 3 is 2.57 bits per heavy atom. The normalized spacial score (nSPS) is 10.5. The first kappa shape index (κ1) is 15.0. The van der Waals surface area contributed by atoms with E-state index in [0.717, 1.165) is 16.9 Å². The van der Waals surface area contributed by atoms with Gasteiger partial charge in [-0.1, -0.05) is 17.7 Å². The summed E-state index contributed by atoms with van der Waals surface area (Å²) >= 11 is 0. The Kier molecular flexibility index (Phi) is 4.58. The maximum Gasteiger partial charge on any atom is 0.274 e. The lowest BCUT2D eigenvalue weighted by Crippen LogP contribution is -2.16. The van der Waals surface area contributed by atoms with Gasteiger partial charge in [0.1, 0.15) is 5.69 Å². The van der Waals surface area contributed by atoms with Gasteiger partial charge in [-0.2, -0.15) is 0 Å². The molecule has 4 nitrogen and oxygen atoms in total. The molecule has 0 aliphatic rings. The van der Waals surface area contributed by atoms with Crippen LogP contribution in [0.3, 0.4) is 0 Å². The van der Waals surface area contributed by atoms with Gasteiger partial charge in [0.2, 0.25) is 0 Å². The van der Waals surface area contributed by atoms with Crippen molar-refractivity contribution >= 4 is 17.3 Å². The van der Waals surface area contributed by atoms with E-state index in [2.05, 4.69) is 29.5 Å². The van der Waals surface area contributed by atoms with Gasteiger partial charge in [-0.3, -0.25) is 9.78 Å². The van der Waals surface area contributed by atoms with Crippen molar-refractivity contribution in [1.82, 2.24) is 4.98 Å². The molecular weight excluding hydrogens is 262 g/mol. The fraction of sp³-hybridized carbons (Fsp3) is 0.294. The number of hydrogen-bond donors (Lipinski definition) is 2. The Labute approximate surface area is 125 Å². The molecule has 0 atom stereocenters. The molecular formula is C17H21N3O. The largest absolute Gasteiger partial charge is 0.383 e. The molecule has 0 aliphatic carbocycles. The Bertz CT molecular complexity index is 650. The van der Waals surface area contributed by atoms with Crippen molar-refractivity contribution in [3.05, 3.63) is 53.3 Å². The predicted molar refractivity (Wildman–Crippen MR) is 86.9 cm³/mol. The van der Waals surface area contributed by atoms with Crippen LogP contribution in [0, 0.1) is 13.8 Å². The van der Waals surface area contributed by atoms with Gasteiger partial charge in [-0.25, -0.2) is 0 Å². The third-order valence-corrected chi connectivity index (χ3v) is 3.08. The third kappa shape index (κ3) is 4.05. The molecule has 0 spiro atoms. The number of carbonyl (C=O) groups is 1. The highest BCUT2D eigenvalue weighted by Crippen LogP contribution is 2.17. The summed E-state index contributed by atoms with van der Waals surface area (Å²) < 4.78 is 0. The van der Waals surface area contributed by atoms with E-state index in [9.17, 15) is 4.79 Å². The van der Waals surface area contributed by atoms with Gasteiger partial charge < -0.3 is 10.6 Å². The fourth-order valence-corrected chi connectivity index (χ4v) is 2.12. The number of rotatable bonds is 4. The molecule has 4 heteroatoms. The predicted octanol–water partition coefficient (Wildman–Crippen LogP) is 3.77. The van der Waals surface area contributed by atoms with Crippen molar-refractivity contribution in [3.8, 4) is 0 Å². The first-order chi connectivity index (χ1) is 9.95. The topological polar surface area (TPSA) is 54.0 Å². The zero-order valence-corrected chi connectivity index (χ0v) is 12.9. The minimum Gasteiger partial charge on any atom is -0.383 e. The van der Waals surface area contributed by atoms with Gasteiger partial charge in [-0.05, 0) is 51.5 Å². The highest BCUT2D eigenvalue weighted by atomic mass is 16.1. The van der Waals surface area contributed by atoms with Gasteiger partial charge in [-0.15, -0.1) is 0 Å². The molecule has 0 fully saturated rings. The molecule has 1 amide bonds. The van der Waals surface area contributed by atoms with Crippen LogP contribution in [0.5, 0.6) is 0 Å². The number of carbonyl (C=O) groups excluding carboxylic acids is 1. The molecule has 1 heterocycles. The maximum absolute atomic E-state index is 12.3. The standard InChI is InChI=1S/C17H21N3O/c1-11(2)19-14-7-8-18-16(10-14)17(21)20-15-6-5-12(3)9-13(15)4/h5-11H,1-4H3,(H,18,19)(H,20,21). The molecule has 0 aliphatic heterocycles. The average molecular weight is 283 g/mol. The monoisotopic (exact) mass is 283 g/mol. The van der Waals surface area contributed by atoms with Crippen LogP contribution in [-0.4, -0.2) is 16.9 Å². The number of aromatic nitrogens is 1. The SMILES string of the molecule is Cc1ccc(NC(=O)c2cc(NC(C)C)ccn2)c(C)c1. The Balaban J connectivity index is 2.16. The summed E-state index contributed by atoms with van der Waals surface area (Å²) in [6.45, 7) is 8.11. The molecule has 1 aromatic heterocycles. The van der Waals surface area contributed by atoms with Crippen LogP contribution in [0.1, 0.15) is 35.5 Å². The lowest BCUT2D eigenvalue weighted by atomic mass is 10.1. The number of benzene rings is 1. The summed E-state index contributed by atoms with van der Waals surface area (Å²) in [5.74, 6) is -0.200. The second-order valence-corrected chi connectivity index (χ2v) is 5.50. The molecule has 0 saturated carbocycles. The van der Waals surface area contributed by atoms with Crippen molar-refractivity contribution in [2.45, 2.75) is 33.7 Å². The average Bonchev–Trinajstić information content (AvgIpc) is 2.41. The van der Waals surface area contributed by atoms with Crippen molar-refractivity contribution in [3.63, 3.8) is 0 Å². The molecule has 0 saturated heterocycles. The van der Waals surface area contributed by atoms with E-state index in [1.165, 1.54) is 5.56 Å². The van der Waals surface area contributed by atoms with Crippen molar-refractivity contribution in [2.24, 2.45) is 0 Å². The number of aryl methyl sites for hydroxylation is 2. The summed E-state index contributed by atoms with van der Waals surface area (Å²) in [5, 5.41) is 6.17. The van der Waals surface area contributed by atoms with Crippen molar-refractivity contribution < 1.29 is 4.79 Å². The highest BCUT2D eigenvalue weighted by Gasteiger charge is 2.10. The molecule has 21 heavy (non-hydrogen) atoms. The van der Waals surface area contributed by atoms with E-state index in [1.54, 1.807) is 12.3 Å². The van der Waals surface area contributed by atoms with Gasteiger partial charge in [0.05, 0.1) is 0 Å². The minimum atomic E-state index is -0.200. The van der Waals surface area contributed by atoms with Gasteiger partial charge >= 0.3 is 0 Å². The van der Waals surface area contributed by atoms with E-state index in [0.29, 0.717) is 11.7 Å². The number of pyridine rings is 1. The molecule has 2 rings (SSSR count). The number of hydrogen-bond acceptors (Lipinski definition) is 3. The number of nitrogens with one attached hydrogen (secondary N) is 2. The molecule has 0 unspecified atom stereocenters. The molecule has 110 valence electrons. The summed E-state index contributed by atoms with van der Waals surface area (Å²) in [6.07, 6.45) is 1.64. The zero-order valence-electron chi connectivity index (χ0n) is 12.9. The van der Waals surface area contributed by atoms with E-state index in [1.807, 2.05) is 38.1 Å². The number of anilines is 2. The second-order valence-electron chi connectivity index (χ2n) is 5.50. The van der Waals surface area contributed by atoms with Crippen LogP contribution in [0.15, 0.2) is 36.5 Å². The zero-order chi connectivity index (χ0) is 15.4. The fourth-order valence-electron chi connectivity index (χ4n) is 2.12. The molecule has 0 radical (unpaired) electrons. The molecule has 2 aromatic rings. The van der Waals surface area contributed by atoms with E-state index in [-0.39, 0.29) is 5.91 Å². The first-order valence-corrected chi connectivity index (χ1v) is 7.07. The van der Waals surface area contributed by atoms with Gasteiger partial charge in [0.25, 0.3) is 5.91 Å². The summed E-state index contributed by atoms with van der Waals surface area (Å²) in [7, 11) is 0. The van der Waals surface area contributed by atoms with Crippen LogP contribution in [0.2, 0.25) is 0 Å². The van der Waals surface area contributed by atoms with Crippen LogP contribution < -0.4 is 10.6 Å². The van der Waals surface area contributed by atoms with Crippen LogP contribution in [-0.2, 0) is 0 Å². The maximum atomic E-state index is 12.3. The van der Waals surface area contributed by atoms with E-state index in [4.69, 9.17) is 0 Å². The minimum absolute atomic E-state index is 0.200. The Hall–Kier alpha value is -2.36. The van der Waals surface area contributed by atoms with Crippen molar-refractivity contribution in [1.29, 1.82) is 0 Å². The van der Waals surface area contributed by atoms with E-state index >= 15 is 0 Å². The smallest absolute Gasteiger partial charge is 0.274 e. The van der Waals surface area contributed by atoms with Gasteiger partial charge in [0.15, 0.2) is 0 Å². The van der Waals surface area contributed by atoms with Gasteiger partial charge in [0, 0.05) is 23.6 Å². The number of amides is 1. The third-order valence-electron chi connectivity index (χ3n) is 3.08. The Morgan fingerprint density at radius 1 is 1.14 bits per heavy atom. The number of nitrogens with zero attached hydrogens (tertiary/aromatic N) is 1. The summed E-state index contributed by atoms with van der Waals surface area (Å²) in [4.78, 5) is 16.4. The second kappa shape index (κ2) is 6.39. The Morgan fingerprint density at radius 2 is 1.90 bits per heavy atom. The quantitative estimate of drug-likeness (QED) is 0.898. The molecule has 1 aromatic carbocycles. The lowest BCUT2D eigenvalue weighted by molar-refractivity contribution is 0.102. The summed E-state index contributed by atoms with van der Waals surface area (Å²) in [6, 6.07) is 9.86. The highest BCUT2D eigenvalue weighted by molar-refractivity contribution is 6.03. The molecule has 0 bridgehead atoms. The van der Waals surface area contributed by atoms with E-state index < -0.39 is 0 Å².